The van der Waals surface area contributed by atoms with E-state index in [9.17, 15) is 0 Å². The molecule has 0 N–H and O–H groups in total. The third-order valence-electron chi connectivity index (χ3n) is 1.53. The molecule has 0 bridgehead atoms. The van der Waals surface area contributed by atoms with Crippen LogP contribution in [-0.2, 0) is 0 Å². The first-order valence-electron chi connectivity index (χ1n) is 3.37. The van der Waals surface area contributed by atoms with Crippen molar-refractivity contribution in [1.82, 2.24) is 10.1 Å². The first-order chi connectivity index (χ1) is 5.27. The summed E-state index contributed by atoms with van der Waals surface area (Å²) in [5, 5.41) is 4.13. The van der Waals surface area contributed by atoms with Crippen molar-refractivity contribution in [3.8, 4) is 0 Å². The van der Waals surface area contributed by atoms with Crippen molar-refractivity contribution in [2.24, 2.45) is 0 Å². The van der Waals surface area contributed by atoms with Crippen molar-refractivity contribution >= 4 is 16.3 Å². The lowest BCUT2D eigenvalue weighted by Crippen LogP contribution is -3.00. The number of aryl methyl sites for hydroxylation is 2. The van der Waals surface area contributed by atoms with Crippen molar-refractivity contribution in [2.75, 3.05) is 0 Å². The van der Waals surface area contributed by atoms with Gasteiger partial charge in [-0.3, -0.25) is 0 Å². The molecule has 2 aromatic heterocycles. The fourth-order valence-electron chi connectivity index (χ4n) is 1.08. The number of aromatic nitrogens is 3. The van der Waals surface area contributed by atoms with Crippen molar-refractivity contribution in [2.45, 2.75) is 13.8 Å². The van der Waals surface area contributed by atoms with Crippen LogP contribution in [0.4, 0.5) is 0 Å². The zero-order valence-electron chi connectivity index (χ0n) is 6.78. The Morgan fingerprint density at radius 2 is 2.17 bits per heavy atom. The summed E-state index contributed by atoms with van der Waals surface area (Å²) in [6, 6.07) is 2.02. The summed E-state index contributed by atoms with van der Waals surface area (Å²) in [7, 11) is 0. The van der Waals surface area contributed by atoms with Crippen molar-refractivity contribution in [1.29, 1.82) is 0 Å². The minimum Gasteiger partial charge on any atom is -1.00 e. The van der Waals surface area contributed by atoms with E-state index in [1.54, 1.807) is 16.8 Å². The molecule has 0 aliphatic carbocycles. The summed E-state index contributed by atoms with van der Waals surface area (Å²) in [6.07, 6.45) is 0. The van der Waals surface area contributed by atoms with Gasteiger partial charge in [-0.1, -0.05) is 9.61 Å². The van der Waals surface area contributed by atoms with Gasteiger partial charge in [-0.25, -0.2) is 0 Å². The molecule has 3 nitrogen and oxygen atoms in total. The van der Waals surface area contributed by atoms with E-state index >= 15 is 0 Å². The van der Waals surface area contributed by atoms with Crippen LogP contribution in [0.1, 0.15) is 11.4 Å². The maximum atomic E-state index is 4.32. The molecule has 2 aromatic rings. The van der Waals surface area contributed by atoms with E-state index in [-0.39, 0.29) is 12.4 Å². The van der Waals surface area contributed by atoms with Gasteiger partial charge in [-0.05, 0) is 16.3 Å². The molecule has 0 fully saturated rings. The second-order valence-electron chi connectivity index (χ2n) is 2.47. The molecule has 0 radical (unpaired) electrons. The average Bonchev–Trinajstić information content (AvgIpc) is 2.34. The molecule has 0 aliphatic rings. The number of hydrogen-bond donors (Lipinski definition) is 0. The highest BCUT2D eigenvalue weighted by molar-refractivity contribution is 7.14. The van der Waals surface area contributed by atoms with Gasteiger partial charge >= 0.3 is 4.96 Å². The summed E-state index contributed by atoms with van der Waals surface area (Å²) in [4.78, 5) is 5.28. The SMILES string of the molecule is Cc1cc(C)[n+]2ncsc2n1.[Cl-]. The zero-order chi connectivity index (χ0) is 7.84. The van der Waals surface area contributed by atoms with Crippen molar-refractivity contribution in [3.05, 3.63) is 23.0 Å². The first-order valence-corrected chi connectivity index (χ1v) is 4.25. The van der Waals surface area contributed by atoms with Crippen LogP contribution in [0.2, 0.25) is 0 Å². The van der Waals surface area contributed by atoms with Crippen LogP contribution >= 0.6 is 11.3 Å². The predicted octanol–water partition coefficient (Wildman–Crippen LogP) is -2.10. The van der Waals surface area contributed by atoms with Gasteiger partial charge in [0.15, 0.2) is 5.69 Å². The Morgan fingerprint density at radius 1 is 1.42 bits per heavy atom. The quantitative estimate of drug-likeness (QED) is 0.457. The summed E-state index contributed by atoms with van der Waals surface area (Å²) in [5.41, 5.74) is 3.98. The lowest BCUT2D eigenvalue weighted by molar-refractivity contribution is -0.585. The fourth-order valence-corrected chi connectivity index (χ4v) is 1.80. The number of fused-ring (bicyclic) bond motifs is 1. The maximum absolute atomic E-state index is 4.32. The van der Waals surface area contributed by atoms with Crippen molar-refractivity contribution in [3.63, 3.8) is 0 Å². The van der Waals surface area contributed by atoms with Crippen LogP contribution in [0.15, 0.2) is 11.6 Å². The number of hydrogen-bond acceptors (Lipinski definition) is 3. The maximum Gasteiger partial charge on any atom is 0.409 e. The molecule has 0 atom stereocenters. The van der Waals surface area contributed by atoms with Gasteiger partial charge in [0.1, 0.15) is 11.2 Å². The summed E-state index contributed by atoms with van der Waals surface area (Å²) in [6.45, 7) is 4.02. The van der Waals surface area contributed by atoms with E-state index in [0.717, 1.165) is 16.3 Å². The molecule has 0 aromatic carbocycles. The molecule has 12 heavy (non-hydrogen) atoms. The molecule has 2 heterocycles. The van der Waals surface area contributed by atoms with Crippen molar-refractivity contribution < 1.29 is 16.9 Å². The molecule has 0 saturated carbocycles. The van der Waals surface area contributed by atoms with E-state index < -0.39 is 0 Å². The summed E-state index contributed by atoms with van der Waals surface area (Å²) in [5.74, 6) is 0. The van der Waals surface area contributed by atoms with Gasteiger partial charge in [-0.2, -0.15) is 0 Å². The van der Waals surface area contributed by atoms with Crippen LogP contribution in [0.25, 0.3) is 4.96 Å². The Labute approximate surface area is 80.5 Å². The van der Waals surface area contributed by atoms with Gasteiger partial charge < -0.3 is 12.4 Å². The second-order valence-corrected chi connectivity index (χ2v) is 3.28. The molecule has 0 amide bonds. The topological polar surface area (TPSA) is 29.9 Å². The molecule has 0 unspecified atom stereocenters. The van der Waals surface area contributed by atoms with E-state index in [4.69, 9.17) is 0 Å². The van der Waals surface area contributed by atoms with Gasteiger partial charge in [0, 0.05) is 19.9 Å². The average molecular weight is 202 g/mol. The molecule has 0 saturated heterocycles. The molecule has 0 aliphatic heterocycles. The van der Waals surface area contributed by atoms with Crippen LogP contribution in [-0.4, -0.2) is 10.1 Å². The lowest BCUT2D eigenvalue weighted by Gasteiger charge is -1.86. The Kier molecular flexibility index (Phi) is 2.59. The lowest BCUT2D eigenvalue weighted by atomic mass is 10.4. The zero-order valence-corrected chi connectivity index (χ0v) is 8.35. The Morgan fingerprint density at radius 3 is 2.92 bits per heavy atom. The van der Waals surface area contributed by atoms with Crippen LogP contribution in [0, 0.1) is 13.8 Å². The molecule has 64 valence electrons. The highest BCUT2D eigenvalue weighted by Gasteiger charge is 2.10. The summed E-state index contributed by atoms with van der Waals surface area (Å²) < 4.78 is 1.84. The molecular formula is C7H8ClN3S. The Balaban J connectivity index is 0.000000720. The number of nitrogens with zero attached hydrogens (tertiary/aromatic N) is 3. The third kappa shape index (κ3) is 1.40. The predicted molar refractivity (Wildman–Crippen MR) is 42.5 cm³/mol. The van der Waals surface area contributed by atoms with E-state index in [2.05, 4.69) is 10.1 Å². The second kappa shape index (κ2) is 3.33. The largest absolute Gasteiger partial charge is 1.00 e. The van der Waals surface area contributed by atoms with E-state index in [1.165, 1.54) is 0 Å². The Bertz CT molecular complexity index is 398. The first kappa shape index (κ1) is 9.35. The molecule has 2 rings (SSSR count). The Hall–Kier alpha value is -0.740. The van der Waals surface area contributed by atoms with Gasteiger partial charge in [0.05, 0.1) is 0 Å². The van der Waals surface area contributed by atoms with E-state index in [1.807, 2.05) is 24.4 Å². The van der Waals surface area contributed by atoms with E-state index in [0.29, 0.717) is 0 Å². The highest BCUT2D eigenvalue weighted by atomic mass is 35.5. The molecule has 5 heteroatoms. The van der Waals surface area contributed by atoms with Crippen LogP contribution in [0.3, 0.4) is 0 Å². The normalized spacial score (nSPS) is 9.83. The van der Waals surface area contributed by atoms with Gasteiger partial charge in [0.2, 0.25) is 0 Å². The monoisotopic (exact) mass is 201 g/mol. The third-order valence-corrected chi connectivity index (χ3v) is 2.20. The number of halogens is 1. The van der Waals surface area contributed by atoms with Gasteiger partial charge in [0.25, 0.3) is 0 Å². The van der Waals surface area contributed by atoms with Gasteiger partial charge in [-0.15, -0.1) is 0 Å². The smallest absolute Gasteiger partial charge is 0.409 e. The molecular weight excluding hydrogens is 194 g/mol. The molecule has 0 spiro atoms. The fraction of sp³-hybridized carbons (Fsp3) is 0.286. The van der Waals surface area contributed by atoms with Crippen LogP contribution in [0.5, 0.6) is 0 Å². The summed E-state index contributed by atoms with van der Waals surface area (Å²) >= 11 is 1.56. The standard InChI is InChI=1S/C7H8N3S.ClH/c1-5-3-6(2)10-7(9-5)11-4-8-10;/h3-4H,1-2H3;1H/q+1;/p-1. The highest BCUT2D eigenvalue weighted by Crippen LogP contribution is 2.02. The van der Waals surface area contributed by atoms with Crippen LogP contribution < -0.4 is 16.9 Å². The number of rotatable bonds is 0. The minimum atomic E-state index is 0. The minimum absolute atomic E-state index is 0.